The predicted octanol–water partition coefficient (Wildman–Crippen LogP) is 3.61. The van der Waals surface area contributed by atoms with Gasteiger partial charge in [0.1, 0.15) is 11.6 Å². The van der Waals surface area contributed by atoms with Crippen molar-refractivity contribution in [2.45, 2.75) is 31.8 Å². The number of nitrogens with zero attached hydrogens (tertiary/aromatic N) is 3. The Morgan fingerprint density at radius 2 is 1.94 bits per heavy atom. The van der Waals surface area contributed by atoms with Crippen LogP contribution >= 0.6 is 0 Å². The molecule has 7 nitrogen and oxygen atoms in total. The van der Waals surface area contributed by atoms with Gasteiger partial charge in [0, 0.05) is 43.4 Å². The summed E-state index contributed by atoms with van der Waals surface area (Å²) >= 11 is 0. The molecule has 1 fully saturated rings. The van der Waals surface area contributed by atoms with Gasteiger partial charge in [0.25, 0.3) is 0 Å². The largest absolute Gasteiger partial charge is 0.373 e. The summed E-state index contributed by atoms with van der Waals surface area (Å²) in [7, 11) is 1.90. The third kappa shape index (κ3) is 4.74. The summed E-state index contributed by atoms with van der Waals surface area (Å²) in [5, 5.41) is 9.86. The van der Waals surface area contributed by atoms with Gasteiger partial charge in [-0.2, -0.15) is 0 Å². The van der Waals surface area contributed by atoms with Gasteiger partial charge < -0.3 is 16.0 Å². The quantitative estimate of drug-likeness (QED) is 0.541. The minimum atomic E-state index is -0.0134. The predicted molar refractivity (Wildman–Crippen MR) is 131 cm³/mol. The average molecular weight is 443 g/mol. The molecule has 1 amide bonds. The second kappa shape index (κ2) is 9.68. The highest BCUT2D eigenvalue weighted by Gasteiger charge is 2.27. The molecule has 3 aromatic rings. The van der Waals surface area contributed by atoms with Gasteiger partial charge in [-0.15, -0.1) is 0 Å². The fourth-order valence-electron chi connectivity index (χ4n) is 4.75. The summed E-state index contributed by atoms with van der Waals surface area (Å²) in [5.74, 6) is 1.75. The lowest BCUT2D eigenvalue weighted by atomic mass is 10.0. The maximum atomic E-state index is 13.0. The number of nitrogens with one attached hydrogen (secondary N) is 3. The fraction of sp³-hybridized carbons (Fsp3) is 0.346. The number of hydrogen-bond donors (Lipinski definition) is 3. The van der Waals surface area contributed by atoms with E-state index in [-0.39, 0.29) is 11.9 Å². The van der Waals surface area contributed by atoms with Crippen LogP contribution in [-0.4, -0.2) is 47.5 Å². The number of para-hydroxylation sites is 1. The molecule has 1 saturated heterocycles. The number of hydrogen-bond acceptors (Lipinski definition) is 6. The van der Waals surface area contributed by atoms with E-state index in [4.69, 9.17) is 9.97 Å². The number of anilines is 2. The molecule has 2 aliphatic heterocycles. The van der Waals surface area contributed by atoms with Crippen LogP contribution in [0.15, 0.2) is 54.6 Å². The lowest BCUT2D eigenvalue weighted by Crippen LogP contribution is -2.38. The summed E-state index contributed by atoms with van der Waals surface area (Å²) in [6, 6.07) is 18.3. The summed E-state index contributed by atoms with van der Waals surface area (Å²) < 4.78 is 0. The summed E-state index contributed by atoms with van der Waals surface area (Å²) in [4.78, 5) is 24.8. The van der Waals surface area contributed by atoms with E-state index in [2.05, 4.69) is 33.0 Å². The molecule has 7 heteroatoms. The van der Waals surface area contributed by atoms with Gasteiger partial charge in [0.05, 0.1) is 18.3 Å². The van der Waals surface area contributed by atoms with Crippen LogP contribution in [0.3, 0.4) is 0 Å². The molecule has 0 bridgehead atoms. The molecule has 0 aliphatic carbocycles. The molecule has 3 heterocycles. The van der Waals surface area contributed by atoms with Gasteiger partial charge in [-0.1, -0.05) is 48.5 Å². The first-order chi connectivity index (χ1) is 16.2. The Labute approximate surface area is 194 Å². The van der Waals surface area contributed by atoms with Crippen LogP contribution in [0.1, 0.15) is 36.0 Å². The normalized spacial score (nSPS) is 18.0. The topological polar surface area (TPSA) is 82.2 Å². The molecule has 2 aromatic carbocycles. The number of amides is 1. The standard InChI is InChI=1S/C26H30N6O/c1-27-25-20-16-32(15-13-22(20)30-26(31-25)23-12-7-14-28-23)17-24(33)29-21-11-6-5-10-19(21)18-8-3-2-4-9-18/h2-6,8-11,23,28H,7,12-17H2,1H3,(H,29,33)(H,27,30,31)/t23-/m1/s1. The average Bonchev–Trinajstić information content (AvgIpc) is 3.39. The first-order valence-corrected chi connectivity index (χ1v) is 11.7. The van der Waals surface area contributed by atoms with Crippen LogP contribution in [0.5, 0.6) is 0 Å². The van der Waals surface area contributed by atoms with Crippen molar-refractivity contribution in [2.24, 2.45) is 0 Å². The maximum Gasteiger partial charge on any atom is 0.238 e. The molecule has 2 aliphatic rings. The van der Waals surface area contributed by atoms with Gasteiger partial charge in [0.2, 0.25) is 5.91 Å². The van der Waals surface area contributed by atoms with Gasteiger partial charge in [-0.05, 0) is 31.0 Å². The van der Waals surface area contributed by atoms with Crippen molar-refractivity contribution in [1.82, 2.24) is 20.2 Å². The lowest BCUT2D eigenvalue weighted by molar-refractivity contribution is -0.117. The summed E-state index contributed by atoms with van der Waals surface area (Å²) in [6.45, 7) is 2.82. The Hall–Kier alpha value is -3.29. The van der Waals surface area contributed by atoms with Crippen LogP contribution in [0.25, 0.3) is 11.1 Å². The molecule has 0 unspecified atom stereocenters. The van der Waals surface area contributed by atoms with Crippen molar-refractivity contribution >= 4 is 17.4 Å². The van der Waals surface area contributed by atoms with E-state index in [1.54, 1.807) is 0 Å². The molecule has 1 atom stereocenters. The molecule has 5 rings (SSSR count). The molecule has 0 spiro atoms. The van der Waals surface area contributed by atoms with E-state index >= 15 is 0 Å². The van der Waals surface area contributed by atoms with Crippen molar-refractivity contribution in [3.8, 4) is 11.1 Å². The minimum Gasteiger partial charge on any atom is -0.373 e. The molecule has 0 saturated carbocycles. The van der Waals surface area contributed by atoms with Crippen molar-refractivity contribution in [3.05, 3.63) is 71.7 Å². The molecule has 33 heavy (non-hydrogen) atoms. The Morgan fingerprint density at radius 1 is 1.12 bits per heavy atom. The molecule has 0 radical (unpaired) electrons. The van der Waals surface area contributed by atoms with Crippen LogP contribution in [0.2, 0.25) is 0 Å². The van der Waals surface area contributed by atoms with Crippen LogP contribution < -0.4 is 16.0 Å². The fourth-order valence-corrected chi connectivity index (χ4v) is 4.75. The Kier molecular flexibility index (Phi) is 6.32. The first kappa shape index (κ1) is 21.6. The number of aromatic nitrogens is 2. The highest BCUT2D eigenvalue weighted by atomic mass is 16.2. The Bertz CT molecular complexity index is 1110. The van der Waals surface area contributed by atoms with Crippen LogP contribution in [-0.2, 0) is 17.8 Å². The number of rotatable bonds is 6. The zero-order valence-corrected chi connectivity index (χ0v) is 19.0. The van der Waals surface area contributed by atoms with Crippen molar-refractivity contribution in [3.63, 3.8) is 0 Å². The number of fused-ring (bicyclic) bond motifs is 1. The third-order valence-electron chi connectivity index (χ3n) is 6.42. The molecule has 3 N–H and O–H groups in total. The second-order valence-corrected chi connectivity index (χ2v) is 8.68. The van der Waals surface area contributed by atoms with Crippen molar-refractivity contribution in [1.29, 1.82) is 0 Å². The molecular weight excluding hydrogens is 412 g/mol. The van der Waals surface area contributed by atoms with E-state index < -0.39 is 0 Å². The van der Waals surface area contributed by atoms with Gasteiger partial charge >= 0.3 is 0 Å². The zero-order valence-electron chi connectivity index (χ0n) is 19.0. The van der Waals surface area contributed by atoms with Gasteiger partial charge in [-0.3, -0.25) is 9.69 Å². The highest BCUT2D eigenvalue weighted by Crippen LogP contribution is 2.29. The summed E-state index contributed by atoms with van der Waals surface area (Å²) in [5.41, 5.74) is 5.14. The van der Waals surface area contributed by atoms with E-state index in [1.165, 1.54) is 0 Å². The van der Waals surface area contributed by atoms with E-state index in [0.717, 1.165) is 72.1 Å². The van der Waals surface area contributed by atoms with Crippen LogP contribution in [0, 0.1) is 0 Å². The van der Waals surface area contributed by atoms with Gasteiger partial charge in [0.15, 0.2) is 0 Å². The molecule has 170 valence electrons. The first-order valence-electron chi connectivity index (χ1n) is 11.7. The summed E-state index contributed by atoms with van der Waals surface area (Å²) in [6.07, 6.45) is 3.06. The van der Waals surface area contributed by atoms with Gasteiger partial charge in [-0.25, -0.2) is 9.97 Å². The second-order valence-electron chi connectivity index (χ2n) is 8.68. The van der Waals surface area contributed by atoms with E-state index in [0.29, 0.717) is 13.1 Å². The Balaban J connectivity index is 1.28. The smallest absolute Gasteiger partial charge is 0.238 e. The van der Waals surface area contributed by atoms with Crippen molar-refractivity contribution in [2.75, 3.05) is 37.3 Å². The lowest BCUT2D eigenvalue weighted by Gasteiger charge is -2.29. The Morgan fingerprint density at radius 3 is 2.73 bits per heavy atom. The van der Waals surface area contributed by atoms with Crippen LogP contribution in [0.4, 0.5) is 11.5 Å². The number of carbonyl (C=O) groups excluding carboxylic acids is 1. The minimum absolute atomic E-state index is 0.0134. The highest BCUT2D eigenvalue weighted by molar-refractivity contribution is 5.96. The molecule has 1 aromatic heterocycles. The monoisotopic (exact) mass is 442 g/mol. The SMILES string of the molecule is CNc1nc([C@H]2CCCN2)nc2c1CN(CC(=O)Nc1ccccc1-c1ccccc1)CC2. The third-order valence-corrected chi connectivity index (χ3v) is 6.42. The van der Waals surface area contributed by atoms with E-state index in [1.807, 2.05) is 49.5 Å². The maximum absolute atomic E-state index is 13.0. The number of carbonyl (C=O) groups is 1. The van der Waals surface area contributed by atoms with Crippen molar-refractivity contribution < 1.29 is 4.79 Å². The number of benzene rings is 2. The van der Waals surface area contributed by atoms with E-state index in [9.17, 15) is 4.79 Å². The zero-order chi connectivity index (χ0) is 22.6. The molecular formula is C26H30N6O.